The molecule has 1 aromatic rings. The van der Waals surface area contributed by atoms with Gasteiger partial charge in [0.25, 0.3) is 0 Å². The topological polar surface area (TPSA) is 67.9 Å². The number of rotatable bonds is 4. The van der Waals surface area contributed by atoms with E-state index in [9.17, 15) is 9.59 Å². The molecular formula is C16H22N2O4. The summed E-state index contributed by atoms with van der Waals surface area (Å²) in [7, 11) is 3.12. The first-order valence-corrected chi connectivity index (χ1v) is 7.33. The van der Waals surface area contributed by atoms with Gasteiger partial charge in [0.2, 0.25) is 0 Å². The molecule has 0 spiro atoms. The predicted octanol–water partition coefficient (Wildman–Crippen LogP) is 2.54. The van der Waals surface area contributed by atoms with Crippen LogP contribution in [-0.4, -0.2) is 44.0 Å². The van der Waals surface area contributed by atoms with E-state index in [2.05, 4.69) is 5.32 Å². The number of hydrogen-bond donors (Lipinski definition) is 1. The van der Waals surface area contributed by atoms with Crippen LogP contribution in [-0.2, 0) is 4.79 Å². The molecule has 1 N–H and O–H groups in total. The summed E-state index contributed by atoms with van der Waals surface area (Å²) in [5.41, 5.74) is 0.649. The number of hydrogen-bond acceptors (Lipinski definition) is 4. The van der Waals surface area contributed by atoms with E-state index < -0.39 is 0 Å². The fourth-order valence-electron chi connectivity index (χ4n) is 2.61. The Kier molecular flexibility index (Phi) is 5.25. The molecule has 1 heterocycles. The van der Waals surface area contributed by atoms with E-state index in [4.69, 9.17) is 9.47 Å². The molecule has 120 valence electrons. The predicted molar refractivity (Wildman–Crippen MR) is 83.5 cm³/mol. The number of nitrogens with one attached hydrogen (secondary N) is 1. The third-order valence-corrected chi connectivity index (χ3v) is 3.99. The quantitative estimate of drug-likeness (QED) is 0.928. The van der Waals surface area contributed by atoms with Crippen LogP contribution in [0.1, 0.15) is 19.8 Å². The number of ketones is 1. The molecule has 22 heavy (non-hydrogen) atoms. The number of benzene rings is 1. The number of piperidine rings is 1. The van der Waals surface area contributed by atoms with E-state index in [1.165, 1.54) is 0 Å². The van der Waals surface area contributed by atoms with Gasteiger partial charge in [-0.05, 0) is 31.9 Å². The molecule has 6 nitrogen and oxygen atoms in total. The van der Waals surface area contributed by atoms with Crippen molar-refractivity contribution in [1.29, 1.82) is 0 Å². The van der Waals surface area contributed by atoms with E-state index in [0.717, 1.165) is 12.8 Å². The van der Waals surface area contributed by atoms with Gasteiger partial charge in [-0.2, -0.15) is 0 Å². The monoisotopic (exact) mass is 306 g/mol. The fourth-order valence-corrected chi connectivity index (χ4v) is 2.61. The van der Waals surface area contributed by atoms with Gasteiger partial charge in [-0.25, -0.2) is 4.79 Å². The van der Waals surface area contributed by atoms with Crippen LogP contribution in [0.15, 0.2) is 18.2 Å². The average molecular weight is 306 g/mol. The number of carbonyl (C=O) groups is 2. The van der Waals surface area contributed by atoms with Crippen molar-refractivity contribution in [3.8, 4) is 11.5 Å². The fraction of sp³-hybridized carbons (Fsp3) is 0.500. The minimum Gasteiger partial charge on any atom is -0.493 e. The zero-order chi connectivity index (χ0) is 16.1. The summed E-state index contributed by atoms with van der Waals surface area (Å²) in [4.78, 5) is 25.3. The highest BCUT2D eigenvalue weighted by Gasteiger charge is 2.25. The highest BCUT2D eigenvalue weighted by molar-refractivity contribution is 5.90. The van der Waals surface area contributed by atoms with Crippen molar-refractivity contribution in [1.82, 2.24) is 4.90 Å². The van der Waals surface area contributed by atoms with E-state index in [1.807, 2.05) is 0 Å². The van der Waals surface area contributed by atoms with Gasteiger partial charge in [-0.3, -0.25) is 4.79 Å². The molecule has 6 heteroatoms. The second-order valence-corrected chi connectivity index (χ2v) is 5.37. The van der Waals surface area contributed by atoms with Crippen molar-refractivity contribution in [3.05, 3.63) is 18.2 Å². The maximum absolute atomic E-state index is 12.3. The molecule has 0 atom stereocenters. The molecule has 0 aromatic heterocycles. The molecule has 1 saturated heterocycles. The Morgan fingerprint density at radius 3 is 2.32 bits per heavy atom. The molecule has 1 aliphatic heterocycles. The minimum absolute atomic E-state index is 0.0881. The maximum Gasteiger partial charge on any atom is 0.321 e. The molecule has 1 aromatic carbocycles. The minimum atomic E-state index is -0.158. The Balaban J connectivity index is 1.96. The Morgan fingerprint density at radius 2 is 1.77 bits per heavy atom. The summed E-state index contributed by atoms with van der Waals surface area (Å²) >= 11 is 0. The van der Waals surface area contributed by atoms with Crippen molar-refractivity contribution >= 4 is 17.5 Å². The molecule has 0 saturated carbocycles. The summed E-state index contributed by atoms with van der Waals surface area (Å²) in [6.45, 7) is 2.82. The van der Waals surface area contributed by atoms with Gasteiger partial charge in [-0.1, -0.05) is 0 Å². The Hall–Kier alpha value is -2.24. The largest absolute Gasteiger partial charge is 0.493 e. The van der Waals surface area contributed by atoms with Gasteiger partial charge in [0.15, 0.2) is 11.5 Å². The van der Waals surface area contributed by atoms with Crippen LogP contribution >= 0.6 is 0 Å². The van der Waals surface area contributed by atoms with E-state index in [1.54, 1.807) is 44.2 Å². The van der Waals surface area contributed by atoms with Crippen LogP contribution in [0.2, 0.25) is 0 Å². The third kappa shape index (κ3) is 3.69. The van der Waals surface area contributed by atoms with Crippen LogP contribution < -0.4 is 14.8 Å². The summed E-state index contributed by atoms with van der Waals surface area (Å²) in [5.74, 6) is 1.48. The lowest BCUT2D eigenvalue weighted by molar-refractivity contribution is -0.121. The second kappa shape index (κ2) is 7.15. The van der Waals surface area contributed by atoms with Gasteiger partial charge in [-0.15, -0.1) is 0 Å². The molecular weight excluding hydrogens is 284 g/mol. The molecule has 0 radical (unpaired) electrons. The molecule has 1 aliphatic rings. The van der Waals surface area contributed by atoms with Gasteiger partial charge in [0.1, 0.15) is 5.78 Å². The average Bonchev–Trinajstić information content (AvgIpc) is 2.54. The standard InChI is InChI=1S/C16H22N2O4/c1-11(19)12-6-8-18(9-7-12)16(20)17-13-4-5-14(21-2)15(10-13)22-3/h4-5,10,12H,6-9H2,1-3H3,(H,17,20). The number of carbonyl (C=O) groups excluding carboxylic acids is 2. The molecule has 1 fully saturated rings. The lowest BCUT2D eigenvalue weighted by Crippen LogP contribution is -2.42. The Bertz CT molecular complexity index is 551. The van der Waals surface area contributed by atoms with Crippen molar-refractivity contribution < 1.29 is 19.1 Å². The third-order valence-electron chi connectivity index (χ3n) is 3.99. The van der Waals surface area contributed by atoms with E-state index in [-0.39, 0.29) is 17.7 Å². The number of urea groups is 1. The van der Waals surface area contributed by atoms with Crippen molar-refractivity contribution in [3.63, 3.8) is 0 Å². The number of likely N-dealkylation sites (tertiary alicyclic amines) is 1. The first-order chi connectivity index (χ1) is 10.5. The smallest absolute Gasteiger partial charge is 0.321 e. The maximum atomic E-state index is 12.3. The molecule has 2 rings (SSSR count). The van der Waals surface area contributed by atoms with Crippen LogP contribution in [0.25, 0.3) is 0 Å². The van der Waals surface area contributed by atoms with Gasteiger partial charge in [0.05, 0.1) is 14.2 Å². The van der Waals surface area contributed by atoms with Crippen LogP contribution in [0.4, 0.5) is 10.5 Å². The van der Waals surface area contributed by atoms with Gasteiger partial charge < -0.3 is 19.7 Å². The number of Topliss-reactive ketones (excluding diaryl/α,β-unsaturated/α-hetero) is 1. The number of anilines is 1. The number of ether oxygens (including phenoxy) is 2. The van der Waals surface area contributed by atoms with Crippen LogP contribution in [0, 0.1) is 5.92 Å². The summed E-state index contributed by atoms with van der Waals surface area (Å²) < 4.78 is 10.4. The summed E-state index contributed by atoms with van der Waals surface area (Å²) in [6, 6.07) is 5.08. The highest BCUT2D eigenvalue weighted by atomic mass is 16.5. The molecule has 0 bridgehead atoms. The normalized spacial score (nSPS) is 15.3. The molecule has 0 unspecified atom stereocenters. The van der Waals surface area contributed by atoms with Crippen molar-refractivity contribution in [2.75, 3.05) is 32.6 Å². The summed E-state index contributed by atoms with van der Waals surface area (Å²) in [6.07, 6.45) is 1.46. The van der Waals surface area contributed by atoms with Crippen molar-refractivity contribution in [2.45, 2.75) is 19.8 Å². The zero-order valence-electron chi connectivity index (χ0n) is 13.2. The van der Waals surface area contributed by atoms with E-state index in [0.29, 0.717) is 30.3 Å². The zero-order valence-corrected chi connectivity index (χ0v) is 13.2. The number of amides is 2. The molecule has 2 amide bonds. The Morgan fingerprint density at radius 1 is 1.14 bits per heavy atom. The number of methoxy groups -OCH3 is 2. The van der Waals surface area contributed by atoms with Gasteiger partial charge >= 0.3 is 6.03 Å². The van der Waals surface area contributed by atoms with Crippen LogP contribution in [0.5, 0.6) is 11.5 Å². The lowest BCUT2D eigenvalue weighted by Gasteiger charge is -2.30. The van der Waals surface area contributed by atoms with Crippen molar-refractivity contribution in [2.24, 2.45) is 5.92 Å². The second-order valence-electron chi connectivity index (χ2n) is 5.37. The first-order valence-electron chi connectivity index (χ1n) is 7.33. The van der Waals surface area contributed by atoms with E-state index >= 15 is 0 Å². The lowest BCUT2D eigenvalue weighted by atomic mass is 9.93. The summed E-state index contributed by atoms with van der Waals surface area (Å²) in [5, 5.41) is 2.85. The van der Waals surface area contributed by atoms with Crippen LogP contribution in [0.3, 0.4) is 0 Å². The number of nitrogens with zero attached hydrogens (tertiary/aromatic N) is 1. The Labute approximate surface area is 130 Å². The van der Waals surface area contributed by atoms with Gasteiger partial charge in [0, 0.05) is 30.8 Å². The highest BCUT2D eigenvalue weighted by Crippen LogP contribution is 2.30. The first kappa shape index (κ1) is 16.1. The molecule has 0 aliphatic carbocycles. The SMILES string of the molecule is COc1ccc(NC(=O)N2CCC(C(C)=O)CC2)cc1OC.